The van der Waals surface area contributed by atoms with Gasteiger partial charge in [-0.25, -0.2) is 4.98 Å². The molecule has 0 aliphatic rings. The van der Waals surface area contributed by atoms with Crippen molar-refractivity contribution in [1.29, 1.82) is 0 Å². The molecule has 3 amide bonds. The van der Waals surface area contributed by atoms with Crippen LogP contribution in [0.3, 0.4) is 0 Å². The quantitative estimate of drug-likeness (QED) is 0.299. The average Bonchev–Trinajstić information content (AvgIpc) is 2.98. The zero-order valence-electron chi connectivity index (χ0n) is 24.2. The van der Waals surface area contributed by atoms with Gasteiger partial charge in [0.05, 0.1) is 6.54 Å². The van der Waals surface area contributed by atoms with Gasteiger partial charge < -0.3 is 20.3 Å². The highest BCUT2D eigenvalue weighted by Crippen LogP contribution is 2.27. The van der Waals surface area contributed by atoms with Crippen molar-refractivity contribution >= 4 is 35.1 Å². The van der Waals surface area contributed by atoms with Crippen LogP contribution in [0.2, 0.25) is 0 Å². The topological polar surface area (TPSA) is 122 Å². The minimum absolute atomic E-state index is 0.184. The van der Waals surface area contributed by atoms with Crippen LogP contribution in [0, 0.1) is 20.8 Å². The lowest BCUT2D eigenvalue weighted by atomic mass is 10.0. The molecule has 0 fully saturated rings. The van der Waals surface area contributed by atoms with Crippen molar-refractivity contribution in [3.8, 4) is 5.75 Å². The van der Waals surface area contributed by atoms with Gasteiger partial charge in [-0.15, -0.1) is 0 Å². The molecule has 4 rings (SSSR count). The maximum Gasteiger partial charge on any atom is 0.258 e. The minimum atomic E-state index is -0.417. The highest BCUT2D eigenvalue weighted by molar-refractivity contribution is 5.99. The zero-order chi connectivity index (χ0) is 30.4. The maximum atomic E-state index is 13.0. The molecule has 42 heavy (non-hydrogen) atoms. The molecule has 0 bridgehead atoms. The van der Waals surface area contributed by atoms with E-state index in [1.165, 1.54) is 21.4 Å². The van der Waals surface area contributed by atoms with Gasteiger partial charge in [0, 0.05) is 49.4 Å². The van der Waals surface area contributed by atoms with E-state index in [-0.39, 0.29) is 30.5 Å². The van der Waals surface area contributed by atoms with Crippen LogP contribution in [0.1, 0.15) is 38.3 Å². The summed E-state index contributed by atoms with van der Waals surface area (Å²) in [5, 5.41) is 5.17. The average molecular weight is 568 g/mol. The number of hydrogen-bond acceptors (Lipinski definition) is 6. The van der Waals surface area contributed by atoms with E-state index in [1.807, 2.05) is 26.0 Å². The van der Waals surface area contributed by atoms with Gasteiger partial charge in [0.15, 0.2) is 11.4 Å². The van der Waals surface area contributed by atoms with Crippen LogP contribution in [-0.2, 0) is 16.2 Å². The number of aryl methyl sites for hydroxylation is 2. The lowest BCUT2D eigenvalue weighted by molar-refractivity contribution is -0.122. The third-order valence-corrected chi connectivity index (χ3v) is 6.94. The fourth-order valence-electron chi connectivity index (χ4n) is 4.48. The molecular weight excluding hydrogens is 534 g/mol. The molecule has 0 saturated heterocycles. The molecule has 0 aliphatic carbocycles. The van der Waals surface area contributed by atoms with E-state index in [4.69, 9.17) is 4.74 Å². The van der Waals surface area contributed by atoms with Crippen LogP contribution in [0.4, 0.5) is 5.69 Å². The summed E-state index contributed by atoms with van der Waals surface area (Å²) in [6, 6.07) is 15.5. The van der Waals surface area contributed by atoms with Gasteiger partial charge in [0.2, 0.25) is 11.8 Å². The fourth-order valence-corrected chi connectivity index (χ4v) is 4.48. The van der Waals surface area contributed by atoms with Crippen molar-refractivity contribution in [1.82, 2.24) is 20.0 Å². The lowest BCUT2D eigenvalue weighted by Gasteiger charge is -2.23. The van der Waals surface area contributed by atoms with Crippen LogP contribution < -0.4 is 25.8 Å². The fraction of sp³-hybridized carbons (Fsp3) is 0.219. The van der Waals surface area contributed by atoms with E-state index in [2.05, 4.69) is 15.6 Å². The number of nitrogens with zero attached hydrogens (tertiary/aromatic N) is 3. The zero-order valence-corrected chi connectivity index (χ0v) is 24.2. The molecule has 0 radical (unpaired) electrons. The third-order valence-electron chi connectivity index (χ3n) is 6.94. The Morgan fingerprint density at radius 2 is 1.79 bits per heavy atom. The van der Waals surface area contributed by atoms with E-state index in [0.717, 1.165) is 22.3 Å². The number of hydrogen-bond donors (Lipinski definition) is 2. The summed E-state index contributed by atoms with van der Waals surface area (Å²) in [6.07, 6.45) is 4.60. The van der Waals surface area contributed by atoms with E-state index in [1.54, 1.807) is 69.7 Å². The second-order valence-corrected chi connectivity index (χ2v) is 9.80. The van der Waals surface area contributed by atoms with Crippen molar-refractivity contribution in [2.24, 2.45) is 0 Å². The van der Waals surface area contributed by atoms with Crippen LogP contribution in [0.5, 0.6) is 5.75 Å². The van der Waals surface area contributed by atoms with Crippen LogP contribution >= 0.6 is 0 Å². The first-order chi connectivity index (χ1) is 20.1. The Kier molecular flexibility index (Phi) is 9.16. The largest absolute Gasteiger partial charge is 0.485 e. The predicted octanol–water partition coefficient (Wildman–Crippen LogP) is 3.35. The number of aromatic nitrogens is 2. The van der Waals surface area contributed by atoms with Gasteiger partial charge in [0.25, 0.3) is 11.5 Å². The Balaban J connectivity index is 1.41. The maximum absolute atomic E-state index is 13.0. The molecule has 2 aromatic carbocycles. The van der Waals surface area contributed by atoms with Gasteiger partial charge in [-0.05, 0) is 79.4 Å². The number of likely N-dealkylation sites (N-methyl/N-ethyl adjacent to an activating group) is 1. The monoisotopic (exact) mass is 567 g/mol. The molecule has 2 heterocycles. The summed E-state index contributed by atoms with van der Waals surface area (Å²) < 4.78 is 7.57. The lowest BCUT2D eigenvalue weighted by Crippen LogP contribution is -2.38. The van der Waals surface area contributed by atoms with Crippen LogP contribution in [-0.4, -0.2) is 47.7 Å². The first-order valence-corrected chi connectivity index (χ1v) is 13.3. The molecule has 2 aromatic heterocycles. The number of rotatable bonds is 9. The molecule has 0 aliphatic heterocycles. The predicted molar refractivity (Wildman–Crippen MR) is 162 cm³/mol. The Hall–Kier alpha value is -5.25. The Labute approximate surface area is 243 Å². The number of carbonyl (C=O) groups excluding carboxylic acids is 3. The van der Waals surface area contributed by atoms with Crippen molar-refractivity contribution in [3.05, 3.63) is 111 Å². The first-order valence-electron chi connectivity index (χ1n) is 13.3. The highest BCUT2D eigenvalue weighted by Gasteiger charge is 2.17. The van der Waals surface area contributed by atoms with E-state index < -0.39 is 5.91 Å². The number of carbonyl (C=O) groups is 3. The number of benzene rings is 2. The normalized spacial score (nSPS) is 11.0. The molecular formula is C32H33N5O5. The van der Waals surface area contributed by atoms with E-state index in [9.17, 15) is 19.2 Å². The molecule has 0 spiro atoms. The Bertz CT molecular complexity index is 1740. The van der Waals surface area contributed by atoms with Gasteiger partial charge in [-0.3, -0.25) is 23.6 Å². The van der Waals surface area contributed by atoms with Gasteiger partial charge in [-0.2, -0.15) is 0 Å². The number of pyridine rings is 1. The summed E-state index contributed by atoms with van der Waals surface area (Å²) in [4.78, 5) is 55.3. The molecule has 0 unspecified atom stereocenters. The Morgan fingerprint density at radius 3 is 2.50 bits per heavy atom. The summed E-state index contributed by atoms with van der Waals surface area (Å²) in [5.74, 6) is -0.423. The number of fused-ring (bicyclic) bond motifs is 1. The molecule has 10 heteroatoms. The minimum Gasteiger partial charge on any atom is -0.485 e. The van der Waals surface area contributed by atoms with E-state index in [0.29, 0.717) is 28.3 Å². The van der Waals surface area contributed by atoms with Crippen molar-refractivity contribution in [2.45, 2.75) is 27.4 Å². The molecule has 4 aromatic rings. The standard InChI is InChI=1S/C32H33N5O5/c1-20-8-14-26(22(3)25(20)19-42-27-7-6-16-37-29(39)17-21(2)35-31(27)37)36(5)30(40)18-34-28(38)15-11-23-9-12-24(13-10-23)32(41)33-4/h6-17H,18-19H2,1-5H3,(H,33,41)(H,34,38)/b15-11+. The summed E-state index contributed by atoms with van der Waals surface area (Å²) in [7, 11) is 3.22. The molecule has 10 nitrogen and oxygen atoms in total. The van der Waals surface area contributed by atoms with Gasteiger partial charge >= 0.3 is 0 Å². The Morgan fingerprint density at radius 1 is 1.05 bits per heavy atom. The second kappa shape index (κ2) is 12.9. The molecule has 0 saturated carbocycles. The van der Waals surface area contributed by atoms with Crippen molar-refractivity contribution in [3.63, 3.8) is 0 Å². The van der Waals surface area contributed by atoms with Crippen LogP contribution in [0.15, 0.2) is 71.7 Å². The second-order valence-electron chi connectivity index (χ2n) is 9.80. The summed E-state index contributed by atoms with van der Waals surface area (Å²) in [6.45, 7) is 5.66. The number of nitrogens with one attached hydrogen (secondary N) is 2. The number of anilines is 1. The SMILES string of the molecule is CNC(=O)c1ccc(/C=C/C(=O)NCC(=O)N(C)c2ccc(C)c(COc3cccn4c(=O)cc(C)nc34)c2C)cc1. The number of amides is 3. The third kappa shape index (κ3) is 6.72. The van der Waals surface area contributed by atoms with Gasteiger partial charge in [-0.1, -0.05) is 18.2 Å². The summed E-state index contributed by atoms with van der Waals surface area (Å²) in [5.41, 5.74) is 5.55. The number of ether oxygens (including phenoxy) is 1. The smallest absolute Gasteiger partial charge is 0.258 e. The highest BCUT2D eigenvalue weighted by atomic mass is 16.5. The van der Waals surface area contributed by atoms with Gasteiger partial charge in [0.1, 0.15) is 6.61 Å². The van der Waals surface area contributed by atoms with Crippen molar-refractivity contribution < 1.29 is 19.1 Å². The van der Waals surface area contributed by atoms with Crippen molar-refractivity contribution in [2.75, 3.05) is 25.5 Å². The van der Waals surface area contributed by atoms with E-state index >= 15 is 0 Å². The van der Waals surface area contributed by atoms with Crippen LogP contribution in [0.25, 0.3) is 11.7 Å². The molecule has 2 N–H and O–H groups in total. The molecule has 216 valence electrons. The first kappa shape index (κ1) is 29.7. The summed E-state index contributed by atoms with van der Waals surface area (Å²) >= 11 is 0. The molecule has 0 atom stereocenters.